The second-order valence-electron chi connectivity index (χ2n) is 13.4. The lowest BCUT2D eigenvalue weighted by Crippen LogP contribution is -2.63. The fourth-order valence-corrected chi connectivity index (χ4v) is 7.62. The van der Waals surface area contributed by atoms with Crippen molar-refractivity contribution in [1.29, 1.82) is 0 Å². The number of ether oxygens (including phenoxy) is 4. The standard InChI is InChI=1S/C30H48O14/c31-15-4-1-13(2-5-15)3-6-24(36)41-12-23-26(38)27(39)28(40)30(44-23)43-22-11-17-18(33)9-16(32)10-21(17)42-29(22)14-7-19(34)25(37)20(35)8-14/h3,6,13-23,25-35,37-40H,1-2,4-5,7-12H2/p+1. The molecule has 0 spiro atoms. The van der Waals surface area contributed by atoms with E-state index < -0.39 is 98.0 Å². The Hall–Kier alpha value is -1.27. The summed E-state index contributed by atoms with van der Waals surface area (Å²) in [5, 5.41) is 93.5. The van der Waals surface area contributed by atoms with E-state index in [2.05, 4.69) is 0 Å². The monoisotopic (exact) mass is 633 g/mol. The van der Waals surface area contributed by atoms with Gasteiger partial charge in [-0.25, -0.2) is 4.79 Å². The summed E-state index contributed by atoms with van der Waals surface area (Å²) in [6.45, 7) is -0.434. The number of carbonyl (C=O) groups excluding carboxylic acids is 1. The van der Waals surface area contributed by atoms with Gasteiger partial charge in [-0.1, -0.05) is 6.08 Å². The maximum Gasteiger partial charge on any atom is 0.330 e. The summed E-state index contributed by atoms with van der Waals surface area (Å²) >= 11 is 0. The van der Waals surface area contributed by atoms with E-state index >= 15 is 0 Å². The van der Waals surface area contributed by atoms with Gasteiger partial charge in [-0.3, -0.25) is 0 Å². The number of esters is 1. The molecule has 13 unspecified atom stereocenters. The van der Waals surface area contributed by atoms with Crippen LogP contribution in [0.15, 0.2) is 12.2 Å². The van der Waals surface area contributed by atoms with Crippen molar-refractivity contribution in [2.75, 3.05) is 6.61 Å². The first-order valence-corrected chi connectivity index (χ1v) is 15.9. The Balaban J connectivity index is 1.25. The van der Waals surface area contributed by atoms with Gasteiger partial charge in [-0.05, 0) is 50.9 Å². The van der Waals surface area contributed by atoms with E-state index in [0.717, 1.165) is 12.8 Å². The Kier molecular flexibility index (Phi) is 11.3. The van der Waals surface area contributed by atoms with Crippen LogP contribution in [-0.4, -0.2) is 149 Å². The molecule has 0 radical (unpaired) electrons. The van der Waals surface area contributed by atoms with Crippen LogP contribution < -0.4 is 0 Å². The summed E-state index contributed by atoms with van der Waals surface area (Å²) in [5.74, 6) is -1.35. The van der Waals surface area contributed by atoms with Crippen molar-refractivity contribution in [2.24, 2.45) is 17.8 Å². The summed E-state index contributed by atoms with van der Waals surface area (Å²) in [4.78, 5) is 12.4. The van der Waals surface area contributed by atoms with Crippen LogP contribution in [0.2, 0.25) is 0 Å². The molecule has 0 aromatic rings. The maximum atomic E-state index is 12.4. The van der Waals surface area contributed by atoms with E-state index in [1.54, 1.807) is 6.08 Å². The number of hydrogen-bond donors (Lipinski definition) is 9. The van der Waals surface area contributed by atoms with Crippen LogP contribution in [0.4, 0.5) is 0 Å². The van der Waals surface area contributed by atoms with Crippen LogP contribution in [0, 0.1) is 17.8 Å². The van der Waals surface area contributed by atoms with E-state index in [-0.39, 0.29) is 43.6 Å². The highest BCUT2D eigenvalue weighted by Crippen LogP contribution is 2.42. The lowest BCUT2D eigenvalue weighted by molar-refractivity contribution is -0.357. The first-order chi connectivity index (χ1) is 20.9. The van der Waals surface area contributed by atoms with Gasteiger partial charge in [0.05, 0.1) is 36.4 Å². The Bertz CT molecular complexity index is 961. The average molecular weight is 634 g/mol. The van der Waals surface area contributed by atoms with E-state index in [0.29, 0.717) is 19.3 Å². The van der Waals surface area contributed by atoms with Crippen molar-refractivity contribution in [1.82, 2.24) is 0 Å². The van der Waals surface area contributed by atoms with Crippen molar-refractivity contribution in [3.63, 3.8) is 0 Å². The Labute approximate surface area is 255 Å². The molecule has 3 aliphatic carbocycles. The second kappa shape index (κ2) is 14.7. The molecule has 0 bridgehead atoms. The molecule has 0 amide bonds. The highest BCUT2D eigenvalue weighted by atomic mass is 16.7. The molecule has 14 heteroatoms. The third kappa shape index (κ3) is 7.81. The molecule has 0 aromatic heterocycles. The van der Waals surface area contributed by atoms with E-state index in [1.165, 1.54) is 6.08 Å². The SMILES string of the molecule is O=C(C=CC1CCC(O)CC1)OCC1OC(OC2CC3C(O)CC(O)CC3[OH+]C2C2CC(O)C(O)C(O)C2)C(O)C(O)C1O. The number of rotatable bonds is 7. The molecule has 2 aliphatic heterocycles. The summed E-state index contributed by atoms with van der Waals surface area (Å²) in [6.07, 6.45) is -8.43. The predicted molar refractivity (Wildman–Crippen MR) is 150 cm³/mol. The highest BCUT2D eigenvalue weighted by Gasteiger charge is 2.55. The smallest absolute Gasteiger partial charge is 0.330 e. The zero-order valence-electron chi connectivity index (χ0n) is 24.6. The first-order valence-electron chi connectivity index (χ1n) is 15.9. The zero-order chi connectivity index (χ0) is 31.7. The maximum absolute atomic E-state index is 12.4. The van der Waals surface area contributed by atoms with Gasteiger partial charge in [0.2, 0.25) is 0 Å². The van der Waals surface area contributed by atoms with Crippen LogP contribution in [0.1, 0.15) is 57.8 Å². The molecule has 3 saturated carbocycles. The molecule has 13 atom stereocenters. The molecular formula is C30H49O14+. The van der Waals surface area contributed by atoms with Gasteiger partial charge in [0.15, 0.2) is 18.5 Å². The Morgan fingerprint density at radius 3 is 2.11 bits per heavy atom. The van der Waals surface area contributed by atoms with Crippen molar-refractivity contribution in [3.8, 4) is 0 Å². The van der Waals surface area contributed by atoms with Crippen molar-refractivity contribution in [3.05, 3.63) is 12.2 Å². The molecule has 14 nitrogen and oxygen atoms in total. The fourth-order valence-electron chi connectivity index (χ4n) is 7.62. The molecular weight excluding hydrogens is 584 g/mol. The van der Waals surface area contributed by atoms with Gasteiger partial charge in [-0.15, -0.1) is 0 Å². The first kappa shape index (κ1) is 34.1. The number of aliphatic hydroxyl groups is 11. The van der Waals surface area contributed by atoms with E-state index in [4.69, 9.17) is 18.9 Å². The minimum Gasteiger partial charge on any atom is -0.460 e. The molecule has 2 saturated heterocycles. The van der Waals surface area contributed by atoms with Gasteiger partial charge in [0.1, 0.15) is 43.2 Å². The summed E-state index contributed by atoms with van der Waals surface area (Å²) < 4.78 is 22.2. The van der Waals surface area contributed by atoms with Crippen LogP contribution >= 0.6 is 0 Å². The van der Waals surface area contributed by atoms with Crippen molar-refractivity contribution >= 4 is 5.97 Å². The van der Waals surface area contributed by atoms with Crippen molar-refractivity contribution < 1.29 is 69.7 Å². The third-order valence-electron chi connectivity index (χ3n) is 10.2. The lowest BCUT2D eigenvalue weighted by atomic mass is 9.72. The van der Waals surface area contributed by atoms with Gasteiger partial charge >= 0.3 is 5.97 Å². The number of allylic oxidation sites excluding steroid dienone is 1. The number of carbonyl (C=O) groups is 1. The molecule has 5 aliphatic rings. The van der Waals surface area contributed by atoms with E-state index in [9.17, 15) is 50.8 Å². The summed E-state index contributed by atoms with van der Waals surface area (Å²) in [7, 11) is 0. The third-order valence-corrected chi connectivity index (χ3v) is 10.2. The van der Waals surface area contributed by atoms with Crippen molar-refractivity contribution in [2.45, 2.75) is 143 Å². The number of aliphatic hydroxyl groups excluding tert-OH is 9. The summed E-state index contributed by atoms with van der Waals surface area (Å²) in [6, 6.07) is 0. The minimum absolute atomic E-state index is 0.109. The van der Waals surface area contributed by atoms with Gasteiger partial charge in [-0.2, -0.15) is 0 Å². The second-order valence-corrected chi connectivity index (χ2v) is 13.4. The van der Waals surface area contributed by atoms with Crippen LogP contribution in [-0.2, 0) is 19.0 Å². The predicted octanol–water partition coefficient (Wildman–Crippen LogP) is -2.88. The zero-order valence-corrected chi connectivity index (χ0v) is 24.6. The minimum atomic E-state index is -1.70. The molecule has 44 heavy (non-hydrogen) atoms. The molecule has 0 aromatic carbocycles. The molecule has 5 rings (SSSR count). The quantitative estimate of drug-likeness (QED) is 0.0779. The number of hydrogen-bond acceptors (Lipinski definition) is 13. The lowest BCUT2D eigenvalue weighted by Gasteiger charge is -2.48. The van der Waals surface area contributed by atoms with E-state index in [1.807, 2.05) is 0 Å². The molecule has 2 heterocycles. The summed E-state index contributed by atoms with van der Waals surface area (Å²) in [5.41, 5.74) is 0. The topological polar surface area (TPSA) is 240 Å². The molecule has 10 N–H and O–H groups in total. The van der Waals surface area contributed by atoms with Crippen LogP contribution in [0.3, 0.4) is 0 Å². The van der Waals surface area contributed by atoms with Crippen LogP contribution in [0.25, 0.3) is 0 Å². The number of fused-ring (bicyclic) bond motifs is 1. The highest BCUT2D eigenvalue weighted by molar-refractivity contribution is 5.81. The molecule has 5 fully saturated rings. The average Bonchev–Trinajstić information content (AvgIpc) is 2.98. The Morgan fingerprint density at radius 1 is 0.750 bits per heavy atom. The molecule has 252 valence electrons. The van der Waals surface area contributed by atoms with Crippen LogP contribution in [0.5, 0.6) is 0 Å². The van der Waals surface area contributed by atoms with Gasteiger partial charge < -0.3 is 64.9 Å². The fraction of sp³-hybridized carbons (Fsp3) is 0.900. The van der Waals surface area contributed by atoms with Gasteiger partial charge in [0.25, 0.3) is 0 Å². The normalized spacial score (nSPS) is 50.2. The Morgan fingerprint density at radius 2 is 1.43 bits per heavy atom. The largest absolute Gasteiger partial charge is 0.460 e. The van der Waals surface area contributed by atoms with Gasteiger partial charge in [0, 0.05) is 24.8 Å².